The molecule has 1 fully saturated rings. The topological polar surface area (TPSA) is 49.4 Å². The van der Waals surface area contributed by atoms with Gasteiger partial charge >= 0.3 is 6.03 Å². The second kappa shape index (κ2) is 6.07. The van der Waals surface area contributed by atoms with Crippen LogP contribution in [0.4, 0.5) is 14.9 Å². The Balaban J connectivity index is 1.93. The van der Waals surface area contributed by atoms with Crippen molar-refractivity contribution in [3.05, 3.63) is 54.3 Å². The van der Waals surface area contributed by atoms with Crippen molar-refractivity contribution >= 4 is 17.6 Å². The number of amides is 3. The van der Waals surface area contributed by atoms with Gasteiger partial charge in [0, 0.05) is 5.56 Å². The predicted octanol–water partition coefficient (Wildman–Crippen LogP) is 4.11. The first-order valence-corrected chi connectivity index (χ1v) is 8.04. The lowest BCUT2D eigenvalue weighted by Crippen LogP contribution is -2.45. The minimum Gasteiger partial charge on any atom is -0.323 e. The van der Waals surface area contributed by atoms with Gasteiger partial charge in [-0.25, -0.2) is 14.1 Å². The zero-order valence-electron chi connectivity index (χ0n) is 13.7. The Morgan fingerprint density at radius 1 is 1.00 bits per heavy atom. The molecule has 2 aromatic carbocycles. The summed E-state index contributed by atoms with van der Waals surface area (Å²) in [5.74, 6) is -0.549. The normalized spacial score (nSPS) is 16.4. The molecule has 0 aliphatic carbocycles. The van der Waals surface area contributed by atoms with Crippen molar-refractivity contribution in [1.29, 1.82) is 0 Å². The molecule has 0 saturated carbocycles. The molecule has 2 aromatic rings. The Morgan fingerprint density at radius 2 is 1.62 bits per heavy atom. The van der Waals surface area contributed by atoms with Gasteiger partial charge in [-0.2, -0.15) is 0 Å². The fourth-order valence-corrected chi connectivity index (χ4v) is 3.07. The Labute approximate surface area is 140 Å². The first kappa shape index (κ1) is 16.2. The lowest BCUT2D eigenvalue weighted by atomic mass is 9.93. The van der Waals surface area contributed by atoms with Crippen LogP contribution >= 0.6 is 0 Å². The molecular formula is C19H19FN2O2. The summed E-state index contributed by atoms with van der Waals surface area (Å²) in [5, 5.41) is 2.80. The molecule has 5 heteroatoms. The minimum absolute atomic E-state index is 0.240. The van der Waals surface area contributed by atoms with Crippen LogP contribution in [0, 0.1) is 5.82 Å². The standard InChI is InChI=1S/C19H19FN2O2/c1-3-19(4-2)17(23)22(18(24)21-19)14-11-9-13(10-12-14)15-7-5-6-8-16(15)20/h5-12H,3-4H2,1-2H3,(H,21,24). The van der Waals surface area contributed by atoms with E-state index in [2.05, 4.69) is 5.32 Å². The van der Waals surface area contributed by atoms with Gasteiger partial charge in [0.1, 0.15) is 11.4 Å². The number of benzene rings is 2. The number of hydrogen-bond donors (Lipinski definition) is 1. The van der Waals surface area contributed by atoms with Crippen molar-refractivity contribution in [3.63, 3.8) is 0 Å². The summed E-state index contributed by atoms with van der Waals surface area (Å²) in [6.45, 7) is 3.76. The van der Waals surface area contributed by atoms with Crippen molar-refractivity contribution < 1.29 is 14.0 Å². The molecule has 24 heavy (non-hydrogen) atoms. The van der Waals surface area contributed by atoms with Gasteiger partial charge < -0.3 is 5.32 Å². The van der Waals surface area contributed by atoms with Crippen LogP contribution in [-0.4, -0.2) is 17.5 Å². The van der Waals surface area contributed by atoms with Crippen molar-refractivity contribution in [2.75, 3.05) is 4.90 Å². The summed E-state index contributed by atoms with van der Waals surface area (Å²) in [6.07, 6.45) is 1.08. The first-order chi connectivity index (χ1) is 11.5. The molecule has 124 valence electrons. The van der Waals surface area contributed by atoms with Gasteiger partial charge in [0.25, 0.3) is 5.91 Å². The Hall–Kier alpha value is -2.69. The molecule has 1 aliphatic heterocycles. The van der Waals surface area contributed by atoms with E-state index in [-0.39, 0.29) is 11.7 Å². The highest BCUT2D eigenvalue weighted by Gasteiger charge is 2.49. The van der Waals surface area contributed by atoms with Crippen LogP contribution < -0.4 is 10.2 Å². The highest BCUT2D eigenvalue weighted by Crippen LogP contribution is 2.31. The van der Waals surface area contributed by atoms with Gasteiger partial charge in [-0.3, -0.25) is 4.79 Å². The maximum Gasteiger partial charge on any atom is 0.329 e. The van der Waals surface area contributed by atoms with Gasteiger partial charge in [0.15, 0.2) is 0 Å². The quantitative estimate of drug-likeness (QED) is 0.860. The summed E-state index contributed by atoms with van der Waals surface area (Å²) >= 11 is 0. The number of imide groups is 1. The highest BCUT2D eigenvalue weighted by atomic mass is 19.1. The molecule has 0 unspecified atom stereocenters. The molecule has 0 aromatic heterocycles. The van der Waals surface area contributed by atoms with E-state index in [1.807, 2.05) is 13.8 Å². The number of urea groups is 1. The number of carbonyl (C=O) groups excluding carboxylic acids is 2. The molecule has 4 nitrogen and oxygen atoms in total. The Bertz CT molecular complexity index is 782. The van der Waals surface area contributed by atoms with Crippen molar-refractivity contribution in [1.82, 2.24) is 5.32 Å². The zero-order chi connectivity index (χ0) is 17.3. The van der Waals surface area contributed by atoms with E-state index in [0.29, 0.717) is 29.7 Å². The lowest BCUT2D eigenvalue weighted by molar-refractivity contribution is -0.122. The van der Waals surface area contributed by atoms with E-state index >= 15 is 0 Å². The third-order valence-corrected chi connectivity index (χ3v) is 4.68. The zero-order valence-corrected chi connectivity index (χ0v) is 13.7. The number of hydrogen-bond acceptors (Lipinski definition) is 2. The van der Waals surface area contributed by atoms with Crippen molar-refractivity contribution in [2.45, 2.75) is 32.2 Å². The molecule has 1 heterocycles. The second-order valence-electron chi connectivity index (χ2n) is 5.89. The molecule has 0 atom stereocenters. The van der Waals surface area contributed by atoms with Crippen LogP contribution in [0.25, 0.3) is 11.1 Å². The fourth-order valence-electron chi connectivity index (χ4n) is 3.07. The molecule has 1 aliphatic rings. The molecule has 3 amide bonds. The number of nitrogens with zero attached hydrogens (tertiary/aromatic N) is 1. The third-order valence-electron chi connectivity index (χ3n) is 4.68. The Kier molecular flexibility index (Phi) is 4.09. The number of rotatable bonds is 4. The molecule has 0 spiro atoms. The fraction of sp³-hybridized carbons (Fsp3) is 0.263. The van der Waals surface area contributed by atoms with E-state index in [9.17, 15) is 14.0 Å². The lowest BCUT2D eigenvalue weighted by Gasteiger charge is -2.23. The highest BCUT2D eigenvalue weighted by molar-refractivity contribution is 6.23. The van der Waals surface area contributed by atoms with Gasteiger partial charge in [-0.05, 0) is 36.6 Å². The number of carbonyl (C=O) groups is 2. The summed E-state index contributed by atoms with van der Waals surface area (Å²) in [6, 6.07) is 12.8. The molecule has 3 rings (SSSR count). The van der Waals surface area contributed by atoms with Gasteiger partial charge in [-0.1, -0.05) is 44.2 Å². The summed E-state index contributed by atoms with van der Waals surface area (Å²) in [7, 11) is 0. The van der Waals surface area contributed by atoms with E-state index in [1.54, 1.807) is 42.5 Å². The molecular weight excluding hydrogens is 307 g/mol. The largest absolute Gasteiger partial charge is 0.329 e. The summed E-state index contributed by atoms with van der Waals surface area (Å²) < 4.78 is 13.9. The molecule has 1 saturated heterocycles. The minimum atomic E-state index is -0.832. The van der Waals surface area contributed by atoms with Crippen LogP contribution in [0.5, 0.6) is 0 Å². The van der Waals surface area contributed by atoms with Crippen LogP contribution in [-0.2, 0) is 4.79 Å². The van der Waals surface area contributed by atoms with Crippen molar-refractivity contribution in [3.8, 4) is 11.1 Å². The van der Waals surface area contributed by atoms with Gasteiger partial charge in [-0.15, -0.1) is 0 Å². The van der Waals surface area contributed by atoms with Gasteiger partial charge in [0.05, 0.1) is 5.69 Å². The van der Waals surface area contributed by atoms with Crippen LogP contribution in [0.3, 0.4) is 0 Å². The number of halogens is 1. The van der Waals surface area contributed by atoms with Crippen LogP contribution in [0.1, 0.15) is 26.7 Å². The smallest absolute Gasteiger partial charge is 0.323 e. The van der Waals surface area contributed by atoms with E-state index in [1.165, 1.54) is 6.07 Å². The number of anilines is 1. The summed E-state index contributed by atoms with van der Waals surface area (Å²) in [5.41, 5.74) is 0.835. The van der Waals surface area contributed by atoms with E-state index < -0.39 is 11.6 Å². The average molecular weight is 326 g/mol. The average Bonchev–Trinajstić information content (AvgIpc) is 2.86. The van der Waals surface area contributed by atoms with E-state index in [0.717, 1.165) is 4.90 Å². The van der Waals surface area contributed by atoms with Crippen LogP contribution in [0.2, 0.25) is 0 Å². The monoisotopic (exact) mass is 326 g/mol. The molecule has 0 bridgehead atoms. The van der Waals surface area contributed by atoms with Crippen molar-refractivity contribution in [2.24, 2.45) is 0 Å². The third kappa shape index (κ3) is 2.46. The van der Waals surface area contributed by atoms with Crippen LogP contribution in [0.15, 0.2) is 48.5 Å². The summed E-state index contributed by atoms with van der Waals surface area (Å²) in [4.78, 5) is 26.1. The molecule has 0 radical (unpaired) electrons. The van der Waals surface area contributed by atoms with Gasteiger partial charge in [0.2, 0.25) is 0 Å². The maximum atomic E-state index is 13.9. The predicted molar refractivity (Wildman–Crippen MR) is 91.2 cm³/mol. The SMILES string of the molecule is CCC1(CC)NC(=O)N(c2ccc(-c3ccccc3F)cc2)C1=O. The number of nitrogens with one attached hydrogen (secondary N) is 1. The second-order valence-corrected chi connectivity index (χ2v) is 5.89. The molecule has 1 N–H and O–H groups in total. The first-order valence-electron chi connectivity index (χ1n) is 8.04. The maximum absolute atomic E-state index is 13.9. The Morgan fingerprint density at radius 3 is 2.17 bits per heavy atom. The van der Waals surface area contributed by atoms with E-state index in [4.69, 9.17) is 0 Å².